The average Bonchev–Trinajstić information content (AvgIpc) is 3.64. The highest BCUT2D eigenvalue weighted by Crippen LogP contribution is 2.35. The fraction of sp³-hybridized carbons (Fsp3) is 0.393. The van der Waals surface area contributed by atoms with Gasteiger partial charge in [-0.3, -0.25) is 0 Å². The number of aromatic nitrogens is 2. The van der Waals surface area contributed by atoms with Crippen LogP contribution in [0.15, 0.2) is 66.1 Å². The maximum absolute atomic E-state index is 13.6. The van der Waals surface area contributed by atoms with Crippen LogP contribution < -0.4 is 24.8 Å². The molecule has 0 saturated heterocycles. The highest BCUT2D eigenvalue weighted by molar-refractivity contribution is 7.89. The first kappa shape index (κ1) is 31.6. The molecule has 1 aromatic heterocycles. The minimum atomic E-state index is -4.08. The number of amides is 2. The Balaban J connectivity index is 1.40. The van der Waals surface area contributed by atoms with Gasteiger partial charge in [0.15, 0.2) is 11.5 Å². The topological polar surface area (TPSA) is 182 Å². The van der Waals surface area contributed by atoms with E-state index in [4.69, 9.17) is 14.2 Å². The second-order valence-electron chi connectivity index (χ2n) is 10.3. The minimum Gasteiger partial charge on any atom is -0.465 e. The van der Waals surface area contributed by atoms with E-state index in [9.17, 15) is 28.2 Å². The van der Waals surface area contributed by atoms with Crippen LogP contribution in [0.2, 0.25) is 0 Å². The second-order valence-corrected chi connectivity index (χ2v) is 12.3. The number of ether oxygens (including phenoxy) is 3. The van der Waals surface area contributed by atoms with Crippen LogP contribution in [0.25, 0.3) is 0 Å². The zero-order valence-electron chi connectivity index (χ0n) is 23.8. The summed E-state index contributed by atoms with van der Waals surface area (Å²) in [5, 5.41) is 25.5. The van der Waals surface area contributed by atoms with Crippen LogP contribution >= 0.6 is 0 Å². The van der Waals surface area contributed by atoms with Crippen molar-refractivity contribution in [2.45, 2.75) is 43.9 Å². The van der Waals surface area contributed by atoms with Crippen LogP contribution in [-0.2, 0) is 23.0 Å². The summed E-state index contributed by atoms with van der Waals surface area (Å²) in [4.78, 5) is 27.6. The SMILES string of the molecule is CC(C)CN(C[C@H](O)[C@H](Cc1ccc(OC(=O)NCCn2ccnc2)cc1)NC(=O)O)S(=O)(=O)c1ccc2c(c1)OCO2. The molecule has 1 aliphatic rings. The molecule has 1 aliphatic heterocycles. The number of benzene rings is 2. The lowest BCUT2D eigenvalue weighted by Crippen LogP contribution is -2.50. The molecule has 0 saturated carbocycles. The zero-order valence-corrected chi connectivity index (χ0v) is 24.6. The van der Waals surface area contributed by atoms with E-state index in [0.717, 1.165) is 4.31 Å². The lowest BCUT2D eigenvalue weighted by molar-refractivity contribution is 0.0980. The van der Waals surface area contributed by atoms with E-state index in [1.807, 2.05) is 13.8 Å². The number of nitrogens with one attached hydrogen (secondary N) is 2. The molecule has 2 amide bonds. The lowest BCUT2D eigenvalue weighted by Gasteiger charge is -2.30. The van der Waals surface area contributed by atoms with E-state index in [-0.39, 0.29) is 42.9 Å². The molecule has 2 heterocycles. The Labute approximate surface area is 249 Å². The Hall–Kier alpha value is -4.34. The van der Waals surface area contributed by atoms with Crippen molar-refractivity contribution >= 4 is 22.2 Å². The van der Waals surface area contributed by atoms with Gasteiger partial charge in [0.05, 0.1) is 23.4 Å². The van der Waals surface area contributed by atoms with E-state index < -0.39 is 34.4 Å². The Morgan fingerprint density at radius 3 is 2.53 bits per heavy atom. The van der Waals surface area contributed by atoms with E-state index in [1.165, 1.54) is 18.2 Å². The fourth-order valence-corrected chi connectivity index (χ4v) is 6.08. The molecular weight excluding hydrogens is 582 g/mol. The average molecular weight is 618 g/mol. The molecule has 4 N–H and O–H groups in total. The number of carbonyl (C=O) groups is 2. The van der Waals surface area contributed by atoms with Crippen molar-refractivity contribution in [2.75, 3.05) is 26.4 Å². The number of carbonyl (C=O) groups excluding carboxylic acids is 1. The molecule has 2 atom stereocenters. The smallest absolute Gasteiger partial charge is 0.412 e. The van der Waals surface area contributed by atoms with Gasteiger partial charge in [-0.2, -0.15) is 4.31 Å². The van der Waals surface area contributed by atoms with Gasteiger partial charge in [0.2, 0.25) is 16.8 Å². The van der Waals surface area contributed by atoms with Crippen LogP contribution in [0.1, 0.15) is 19.4 Å². The molecule has 0 spiro atoms. The van der Waals surface area contributed by atoms with Gasteiger partial charge >= 0.3 is 12.2 Å². The van der Waals surface area contributed by atoms with Gasteiger partial charge < -0.3 is 39.6 Å². The highest BCUT2D eigenvalue weighted by atomic mass is 32.2. The predicted octanol–water partition coefficient (Wildman–Crippen LogP) is 2.29. The van der Waals surface area contributed by atoms with Crippen molar-refractivity contribution in [1.29, 1.82) is 0 Å². The van der Waals surface area contributed by atoms with E-state index in [2.05, 4.69) is 15.6 Å². The van der Waals surface area contributed by atoms with Crippen LogP contribution in [0.4, 0.5) is 9.59 Å². The molecular formula is C28H35N5O9S. The standard InChI is InChI=1S/C28H35N5O9S/c1-19(2)15-33(43(38,39)22-7-8-25-26(14-22)41-18-40-25)16-24(34)23(31-27(35)36)13-20-3-5-21(6-4-20)42-28(37)30-10-12-32-11-9-29-17-32/h3-9,11,14,17,19,23-24,31,34H,10,12-13,15-16,18H2,1-2H3,(H,30,37)(H,35,36)/t23-,24-/m0/s1. The monoisotopic (exact) mass is 617 g/mol. The summed E-state index contributed by atoms with van der Waals surface area (Å²) in [6.07, 6.45) is 1.69. The van der Waals surface area contributed by atoms with Gasteiger partial charge in [0.25, 0.3) is 0 Å². The summed E-state index contributed by atoms with van der Waals surface area (Å²) >= 11 is 0. The number of fused-ring (bicyclic) bond motifs is 1. The zero-order chi connectivity index (χ0) is 31.0. The number of rotatable bonds is 14. The minimum absolute atomic E-state index is 0.0109. The van der Waals surface area contributed by atoms with Crippen LogP contribution in [0.3, 0.4) is 0 Å². The van der Waals surface area contributed by atoms with Gasteiger partial charge in [-0.05, 0) is 42.2 Å². The Morgan fingerprint density at radius 2 is 1.86 bits per heavy atom. The molecule has 232 valence electrons. The molecule has 0 unspecified atom stereocenters. The van der Waals surface area contributed by atoms with Crippen molar-refractivity contribution in [3.05, 3.63) is 66.7 Å². The highest BCUT2D eigenvalue weighted by Gasteiger charge is 2.32. The molecule has 0 radical (unpaired) electrons. The van der Waals surface area contributed by atoms with Gasteiger partial charge in [0.1, 0.15) is 5.75 Å². The van der Waals surface area contributed by atoms with Crippen LogP contribution in [0.5, 0.6) is 17.2 Å². The fourth-order valence-electron chi connectivity index (χ4n) is 4.44. The summed E-state index contributed by atoms with van der Waals surface area (Å²) in [6.45, 7) is 4.26. The predicted molar refractivity (Wildman–Crippen MR) is 154 cm³/mol. The number of aliphatic hydroxyl groups is 1. The first-order valence-electron chi connectivity index (χ1n) is 13.6. The van der Waals surface area contributed by atoms with Crippen molar-refractivity contribution in [1.82, 2.24) is 24.5 Å². The first-order valence-corrected chi connectivity index (χ1v) is 15.0. The van der Waals surface area contributed by atoms with E-state index >= 15 is 0 Å². The largest absolute Gasteiger partial charge is 0.465 e. The molecule has 4 rings (SSSR count). The Bertz CT molecular complexity index is 1480. The third kappa shape index (κ3) is 8.83. The number of sulfonamides is 1. The van der Waals surface area contributed by atoms with Crippen molar-refractivity contribution in [3.8, 4) is 17.2 Å². The summed E-state index contributed by atoms with van der Waals surface area (Å²) in [7, 11) is -4.08. The number of aliphatic hydroxyl groups excluding tert-OH is 1. The quantitative estimate of drug-likeness (QED) is 0.209. The maximum atomic E-state index is 13.6. The molecule has 2 aromatic carbocycles. The number of hydrogen-bond acceptors (Lipinski definition) is 9. The molecule has 15 heteroatoms. The van der Waals surface area contributed by atoms with Crippen LogP contribution in [0, 0.1) is 5.92 Å². The van der Waals surface area contributed by atoms with Gasteiger partial charge in [-0.15, -0.1) is 0 Å². The van der Waals surface area contributed by atoms with E-state index in [0.29, 0.717) is 30.2 Å². The van der Waals surface area contributed by atoms with Crippen molar-refractivity contribution < 1.29 is 42.4 Å². The molecule has 0 bridgehead atoms. The lowest BCUT2D eigenvalue weighted by atomic mass is 10.0. The van der Waals surface area contributed by atoms with Gasteiger partial charge in [-0.25, -0.2) is 23.0 Å². The number of imidazole rings is 1. The van der Waals surface area contributed by atoms with Crippen molar-refractivity contribution in [2.24, 2.45) is 5.92 Å². The summed E-state index contributed by atoms with van der Waals surface area (Å²) in [5.41, 5.74) is 0.625. The summed E-state index contributed by atoms with van der Waals surface area (Å²) in [6, 6.07) is 9.59. The first-order chi connectivity index (χ1) is 20.5. The van der Waals surface area contributed by atoms with Gasteiger partial charge in [-0.1, -0.05) is 26.0 Å². The third-order valence-corrected chi connectivity index (χ3v) is 8.33. The Kier molecular flexibility index (Phi) is 10.4. The third-order valence-electron chi connectivity index (χ3n) is 6.50. The maximum Gasteiger partial charge on any atom is 0.412 e. The molecule has 3 aromatic rings. The summed E-state index contributed by atoms with van der Waals surface area (Å²) in [5.74, 6) is 0.918. The number of hydrogen-bond donors (Lipinski definition) is 4. The summed E-state index contributed by atoms with van der Waals surface area (Å²) < 4.78 is 46.0. The number of nitrogens with zero attached hydrogens (tertiary/aromatic N) is 3. The number of carboxylic acid groups (broad SMARTS) is 1. The van der Waals surface area contributed by atoms with Crippen molar-refractivity contribution in [3.63, 3.8) is 0 Å². The molecule has 0 aliphatic carbocycles. The van der Waals surface area contributed by atoms with E-state index in [1.54, 1.807) is 47.6 Å². The molecule has 14 nitrogen and oxygen atoms in total. The van der Waals surface area contributed by atoms with Gasteiger partial charge in [0, 0.05) is 44.6 Å². The normalized spacial score (nSPS) is 14.0. The second kappa shape index (κ2) is 14.2. The molecule has 0 fully saturated rings. The molecule has 43 heavy (non-hydrogen) atoms. The Morgan fingerprint density at radius 1 is 1.12 bits per heavy atom. The van der Waals surface area contributed by atoms with Crippen LogP contribution in [-0.4, -0.2) is 83.2 Å².